The molecule has 0 fully saturated rings. The Morgan fingerprint density at radius 2 is 2.05 bits per heavy atom. The number of hydrogen-bond donors (Lipinski definition) is 2. The second kappa shape index (κ2) is 5.40. The minimum Gasteiger partial charge on any atom is -0.398 e. The van der Waals surface area contributed by atoms with Crippen LogP contribution in [-0.4, -0.2) is 5.91 Å². The lowest BCUT2D eigenvalue weighted by atomic mass is 10.1. The van der Waals surface area contributed by atoms with E-state index in [0.717, 1.165) is 5.56 Å². The summed E-state index contributed by atoms with van der Waals surface area (Å²) in [5, 5.41) is 2.64. The van der Waals surface area contributed by atoms with Gasteiger partial charge in [-0.2, -0.15) is 0 Å². The van der Waals surface area contributed by atoms with Crippen LogP contribution >= 0.6 is 15.9 Å². The normalized spacial score (nSPS) is 10.3. The van der Waals surface area contributed by atoms with E-state index in [1.807, 2.05) is 0 Å². The van der Waals surface area contributed by atoms with Crippen molar-refractivity contribution in [2.75, 3.05) is 11.1 Å². The van der Waals surface area contributed by atoms with Gasteiger partial charge in [-0.3, -0.25) is 4.79 Å². The van der Waals surface area contributed by atoms with E-state index in [1.54, 1.807) is 31.2 Å². The van der Waals surface area contributed by atoms with Crippen LogP contribution in [0.15, 0.2) is 40.9 Å². The molecule has 0 saturated carbocycles. The second-order valence-electron chi connectivity index (χ2n) is 4.18. The van der Waals surface area contributed by atoms with Gasteiger partial charge < -0.3 is 11.1 Å². The van der Waals surface area contributed by atoms with Crippen molar-refractivity contribution in [1.29, 1.82) is 0 Å². The Morgan fingerprint density at radius 1 is 1.32 bits per heavy atom. The van der Waals surface area contributed by atoms with Gasteiger partial charge in [-0.1, -0.05) is 6.07 Å². The van der Waals surface area contributed by atoms with Crippen molar-refractivity contribution in [2.45, 2.75) is 6.92 Å². The van der Waals surface area contributed by atoms with Crippen molar-refractivity contribution in [3.8, 4) is 0 Å². The first kappa shape index (κ1) is 13.5. The predicted molar refractivity (Wildman–Crippen MR) is 77.6 cm³/mol. The average molecular weight is 323 g/mol. The first-order chi connectivity index (χ1) is 8.97. The number of benzene rings is 2. The standard InChI is InChI=1S/C14H12BrFN2O/c1-8-5-9(16)7-10(6-8)18-14(19)11-3-2-4-12(17)13(11)15/h2-7H,17H2,1H3,(H,18,19). The highest BCUT2D eigenvalue weighted by Crippen LogP contribution is 2.24. The predicted octanol–water partition coefficient (Wildman–Crippen LogP) is 3.73. The van der Waals surface area contributed by atoms with Crippen molar-refractivity contribution in [3.63, 3.8) is 0 Å². The summed E-state index contributed by atoms with van der Waals surface area (Å²) >= 11 is 3.26. The van der Waals surface area contributed by atoms with Crippen LogP contribution < -0.4 is 11.1 Å². The van der Waals surface area contributed by atoms with Crippen LogP contribution in [0.3, 0.4) is 0 Å². The summed E-state index contributed by atoms with van der Waals surface area (Å²) in [7, 11) is 0. The summed E-state index contributed by atoms with van der Waals surface area (Å²) in [6, 6.07) is 9.37. The number of nitrogen functional groups attached to an aromatic ring is 1. The van der Waals surface area contributed by atoms with E-state index in [1.165, 1.54) is 12.1 Å². The lowest BCUT2D eigenvalue weighted by molar-refractivity contribution is 0.102. The molecule has 0 aliphatic rings. The highest BCUT2D eigenvalue weighted by atomic mass is 79.9. The van der Waals surface area contributed by atoms with E-state index in [4.69, 9.17) is 5.73 Å². The molecule has 2 aromatic carbocycles. The Morgan fingerprint density at radius 3 is 2.74 bits per heavy atom. The summed E-state index contributed by atoms with van der Waals surface area (Å²) in [6.07, 6.45) is 0. The van der Waals surface area contributed by atoms with Gasteiger partial charge in [-0.25, -0.2) is 4.39 Å². The number of aryl methyl sites for hydroxylation is 1. The molecule has 0 aliphatic heterocycles. The molecule has 19 heavy (non-hydrogen) atoms. The summed E-state index contributed by atoms with van der Waals surface area (Å²) in [5.41, 5.74) is 7.74. The number of halogens is 2. The zero-order chi connectivity index (χ0) is 14.0. The fourth-order valence-corrected chi connectivity index (χ4v) is 2.18. The summed E-state index contributed by atoms with van der Waals surface area (Å²) in [4.78, 5) is 12.1. The highest BCUT2D eigenvalue weighted by Gasteiger charge is 2.12. The van der Waals surface area contributed by atoms with Crippen LogP contribution in [0.5, 0.6) is 0 Å². The zero-order valence-corrected chi connectivity index (χ0v) is 11.8. The Bertz CT molecular complexity index is 623. The minimum absolute atomic E-state index is 0.343. The van der Waals surface area contributed by atoms with E-state index in [2.05, 4.69) is 21.2 Å². The smallest absolute Gasteiger partial charge is 0.256 e. The molecule has 2 aromatic rings. The molecule has 0 saturated heterocycles. The third kappa shape index (κ3) is 3.12. The third-order valence-corrected chi connectivity index (χ3v) is 3.46. The third-order valence-electron chi connectivity index (χ3n) is 2.57. The fraction of sp³-hybridized carbons (Fsp3) is 0.0714. The molecule has 0 unspecified atom stereocenters. The molecule has 3 N–H and O–H groups in total. The quantitative estimate of drug-likeness (QED) is 0.828. The van der Waals surface area contributed by atoms with Gasteiger partial charge in [0.1, 0.15) is 5.82 Å². The first-order valence-corrected chi connectivity index (χ1v) is 6.39. The molecule has 2 rings (SSSR count). The van der Waals surface area contributed by atoms with Gasteiger partial charge in [0.25, 0.3) is 5.91 Å². The summed E-state index contributed by atoms with van der Waals surface area (Å²) in [5.74, 6) is -0.730. The van der Waals surface area contributed by atoms with Gasteiger partial charge >= 0.3 is 0 Å². The highest BCUT2D eigenvalue weighted by molar-refractivity contribution is 9.10. The molecule has 0 aliphatic carbocycles. The van der Waals surface area contributed by atoms with Gasteiger partial charge in [0.15, 0.2) is 0 Å². The van der Waals surface area contributed by atoms with Gasteiger partial charge in [0.2, 0.25) is 0 Å². The van der Waals surface area contributed by atoms with Crippen molar-refractivity contribution in [3.05, 3.63) is 57.8 Å². The van der Waals surface area contributed by atoms with E-state index in [0.29, 0.717) is 21.4 Å². The molecule has 0 bridgehead atoms. The Kier molecular flexibility index (Phi) is 3.85. The van der Waals surface area contributed by atoms with Gasteiger partial charge in [0, 0.05) is 11.4 Å². The van der Waals surface area contributed by atoms with Crippen molar-refractivity contribution in [1.82, 2.24) is 0 Å². The number of carbonyl (C=O) groups excluding carboxylic acids is 1. The zero-order valence-electron chi connectivity index (χ0n) is 10.2. The maximum Gasteiger partial charge on any atom is 0.256 e. The van der Waals surface area contributed by atoms with E-state index < -0.39 is 0 Å². The van der Waals surface area contributed by atoms with Crippen LogP contribution in [-0.2, 0) is 0 Å². The second-order valence-corrected chi connectivity index (χ2v) is 4.97. The van der Waals surface area contributed by atoms with Crippen molar-refractivity contribution >= 4 is 33.2 Å². The molecule has 98 valence electrons. The van der Waals surface area contributed by atoms with Crippen LogP contribution in [0, 0.1) is 12.7 Å². The lowest BCUT2D eigenvalue weighted by Crippen LogP contribution is -2.13. The molecular weight excluding hydrogens is 311 g/mol. The molecule has 0 atom stereocenters. The number of rotatable bonds is 2. The largest absolute Gasteiger partial charge is 0.398 e. The van der Waals surface area contributed by atoms with Gasteiger partial charge in [0.05, 0.1) is 10.0 Å². The van der Waals surface area contributed by atoms with Crippen LogP contribution in [0.1, 0.15) is 15.9 Å². The maximum absolute atomic E-state index is 13.2. The van der Waals surface area contributed by atoms with Gasteiger partial charge in [-0.05, 0) is 58.7 Å². The van der Waals surface area contributed by atoms with E-state index >= 15 is 0 Å². The fourth-order valence-electron chi connectivity index (χ4n) is 1.73. The van der Waals surface area contributed by atoms with Crippen LogP contribution in [0.25, 0.3) is 0 Å². The number of amides is 1. The Labute approximate surface area is 118 Å². The van der Waals surface area contributed by atoms with Crippen molar-refractivity contribution in [2.24, 2.45) is 0 Å². The first-order valence-electron chi connectivity index (χ1n) is 5.60. The van der Waals surface area contributed by atoms with E-state index in [9.17, 15) is 9.18 Å². The Balaban J connectivity index is 2.28. The Hall–Kier alpha value is -1.88. The molecule has 5 heteroatoms. The number of anilines is 2. The molecule has 0 aromatic heterocycles. The monoisotopic (exact) mass is 322 g/mol. The number of nitrogens with two attached hydrogens (primary N) is 1. The van der Waals surface area contributed by atoms with Crippen LogP contribution in [0.4, 0.5) is 15.8 Å². The average Bonchev–Trinajstić information content (AvgIpc) is 2.31. The van der Waals surface area contributed by atoms with Crippen LogP contribution in [0.2, 0.25) is 0 Å². The summed E-state index contributed by atoms with van der Waals surface area (Å²) in [6.45, 7) is 1.76. The van der Waals surface area contributed by atoms with E-state index in [-0.39, 0.29) is 11.7 Å². The minimum atomic E-state index is -0.387. The lowest BCUT2D eigenvalue weighted by Gasteiger charge is -2.09. The molecular formula is C14H12BrFN2O. The van der Waals surface area contributed by atoms with Gasteiger partial charge in [-0.15, -0.1) is 0 Å². The number of carbonyl (C=O) groups is 1. The summed E-state index contributed by atoms with van der Waals surface area (Å²) < 4.78 is 13.8. The molecule has 0 spiro atoms. The number of nitrogens with one attached hydrogen (secondary N) is 1. The molecule has 3 nitrogen and oxygen atoms in total. The van der Waals surface area contributed by atoms with Crippen molar-refractivity contribution < 1.29 is 9.18 Å². The molecule has 1 amide bonds. The topological polar surface area (TPSA) is 55.1 Å². The molecule has 0 heterocycles. The SMILES string of the molecule is Cc1cc(F)cc(NC(=O)c2cccc(N)c2Br)c1. The number of hydrogen-bond acceptors (Lipinski definition) is 2. The maximum atomic E-state index is 13.2. The molecule has 0 radical (unpaired) electrons.